The van der Waals surface area contributed by atoms with E-state index in [1.165, 1.54) is 44.1 Å². The number of thiocarbonyl (C=S) groups is 1. The first-order valence-electron chi connectivity index (χ1n) is 8.30. The van der Waals surface area contributed by atoms with E-state index in [4.69, 9.17) is 12.2 Å². The molecule has 1 aromatic rings. The first-order valence-corrected chi connectivity index (χ1v) is 8.71. The Bertz CT molecular complexity index is 378. The van der Waals surface area contributed by atoms with Gasteiger partial charge in [0, 0.05) is 13.1 Å². The molecule has 1 rings (SSSR count). The Balaban J connectivity index is 2.03. The molecule has 0 aromatic heterocycles. The molecule has 0 heterocycles. The summed E-state index contributed by atoms with van der Waals surface area (Å²) in [5, 5.41) is 7.40. The molecule has 118 valence electrons. The number of hydrogen-bond donors (Lipinski definition) is 2. The van der Waals surface area contributed by atoms with Gasteiger partial charge >= 0.3 is 0 Å². The summed E-state index contributed by atoms with van der Waals surface area (Å²) in [6.07, 6.45) is 7.90. The second-order valence-electron chi connectivity index (χ2n) is 5.72. The highest BCUT2D eigenvalue weighted by atomic mass is 32.1. The Morgan fingerprint density at radius 2 is 1.67 bits per heavy atom. The molecule has 0 saturated carbocycles. The average Bonchev–Trinajstić information content (AvgIpc) is 2.52. The quantitative estimate of drug-likeness (QED) is 0.487. The molecule has 0 saturated heterocycles. The molecule has 1 atom stereocenters. The van der Waals surface area contributed by atoms with Crippen molar-refractivity contribution in [3.63, 3.8) is 0 Å². The van der Waals surface area contributed by atoms with Crippen molar-refractivity contribution in [1.82, 2.24) is 10.6 Å². The number of rotatable bonds is 10. The molecule has 0 spiro atoms. The summed E-state index contributed by atoms with van der Waals surface area (Å²) in [5.41, 5.74) is 1.35. The lowest BCUT2D eigenvalue weighted by Crippen LogP contribution is -2.37. The maximum absolute atomic E-state index is 5.32. The van der Waals surface area contributed by atoms with Gasteiger partial charge in [-0.3, -0.25) is 0 Å². The van der Waals surface area contributed by atoms with Crippen molar-refractivity contribution in [2.45, 2.75) is 58.3 Å². The van der Waals surface area contributed by atoms with Crippen LogP contribution in [0.2, 0.25) is 0 Å². The van der Waals surface area contributed by atoms with Crippen molar-refractivity contribution in [2.24, 2.45) is 0 Å². The smallest absolute Gasteiger partial charge is 0.166 e. The van der Waals surface area contributed by atoms with Crippen LogP contribution >= 0.6 is 12.2 Å². The number of nitrogens with one attached hydrogen (secondary N) is 2. The molecule has 1 aromatic carbocycles. The van der Waals surface area contributed by atoms with Crippen LogP contribution < -0.4 is 10.6 Å². The van der Waals surface area contributed by atoms with Crippen LogP contribution in [0.4, 0.5) is 0 Å². The van der Waals surface area contributed by atoms with Crippen molar-refractivity contribution >= 4 is 17.3 Å². The zero-order valence-electron chi connectivity index (χ0n) is 13.5. The third-order valence-electron chi connectivity index (χ3n) is 3.75. The molecule has 0 aliphatic rings. The molecule has 0 radical (unpaired) electrons. The standard InChI is InChI=1S/C18H30N2S/c1-3-4-5-6-7-11-14-19-18(21)20-15-16(2)17-12-9-8-10-13-17/h8-10,12-13,16H,3-7,11,14-15H2,1-2H3,(H2,19,20,21). The molecule has 0 fully saturated rings. The third-order valence-corrected chi connectivity index (χ3v) is 4.04. The van der Waals surface area contributed by atoms with Gasteiger partial charge < -0.3 is 10.6 Å². The second-order valence-corrected chi connectivity index (χ2v) is 6.12. The van der Waals surface area contributed by atoms with Gasteiger partial charge in [0.25, 0.3) is 0 Å². The lowest BCUT2D eigenvalue weighted by molar-refractivity contribution is 0.599. The largest absolute Gasteiger partial charge is 0.363 e. The first kappa shape index (κ1) is 18.0. The van der Waals surface area contributed by atoms with E-state index >= 15 is 0 Å². The minimum absolute atomic E-state index is 0.472. The van der Waals surface area contributed by atoms with E-state index in [2.05, 4.69) is 54.8 Å². The Morgan fingerprint density at radius 1 is 1.00 bits per heavy atom. The van der Waals surface area contributed by atoms with Crippen molar-refractivity contribution < 1.29 is 0 Å². The van der Waals surface area contributed by atoms with Gasteiger partial charge in [0.15, 0.2) is 5.11 Å². The summed E-state index contributed by atoms with van der Waals surface area (Å²) in [6, 6.07) is 10.6. The van der Waals surface area contributed by atoms with Crippen molar-refractivity contribution in [3.05, 3.63) is 35.9 Å². The van der Waals surface area contributed by atoms with Gasteiger partial charge in [-0.05, 0) is 30.1 Å². The molecule has 3 heteroatoms. The highest BCUT2D eigenvalue weighted by Crippen LogP contribution is 2.12. The van der Waals surface area contributed by atoms with Gasteiger partial charge in [-0.25, -0.2) is 0 Å². The van der Waals surface area contributed by atoms with Crippen molar-refractivity contribution in [2.75, 3.05) is 13.1 Å². The fraction of sp³-hybridized carbons (Fsp3) is 0.611. The van der Waals surface area contributed by atoms with Crippen molar-refractivity contribution in [1.29, 1.82) is 0 Å². The second kappa shape index (κ2) is 11.6. The van der Waals surface area contributed by atoms with E-state index in [-0.39, 0.29) is 0 Å². The van der Waals surface area contributed by atoms with Crippen molar-refractivity contribution in [3.8, 4) is 0 Å². The molecular weight excluding hydrogens is 276 g/mol. The van der Waals surface area contributed by atoms with Gasteiger partial charge in [0.05, 0.1) is 0 Å². The molecule has 1 unspecified atom stereocenters. The van der Waals surface area contributed by atoms with Crippen LogP contribution in [0, 0.1) is 0 Å². The van der Waals surface area contributed by atoms with Gasteiger partial charge in [0.1, 0.15) is 0 Å². The summed E-state index contributed by atoms with van der Waals surface area (Å²) < 4.78 is 0. The van der Waals surface area contributed by atoms with E-state index in [0.29, 0.717) is 5.92 Å². The molecule has 0 aliphatic heterocycles. The van der Waals surface area contributed by atoms with Crippen LogP contribution in [0.5, 0.6) is 0 Å². The van der Waals surface area contributed by atoms with Gasteiger partial charge in [0.2, 0.25) is 0 Å². The summed E-state index contributed by atoms with van der Waals surface area (Å²) in [4.78, 5) is 0. The lowest BCUT2D eigenvalue weighted by Gasteiger charge is -2.15. The predicted molar refractivity (Wildman–Crippen MR) is 96.8 cm³/mol. The van der Waals surface area contributed by atoms with Crippen LogP contribution in [-0.2, 0) is 0 Å². The maximum atomic E-state index is 5.32. The highest BCUT2D eigenvalue weighted by Gasteiger charge is 2.05. The fourth-order valence-electron chi connectivity index (χ4n) is 2.31. The summed E-state index contributed by atoms with van der Waals surface area (Å²) in [6.45, 7) is 6.34. The van der Waals surface area contributed by atoms with E-state index in [0.717, 1.165) is 18.2 Å². The normalized spacial score (nSPS) is 11.9. The maximum Gasteiger partial charge on any atom is 0.166 e. The van der Waals surface area contributed by atoms with Crippen LogP contribution in [0.3, 0.4) is 0 Å². The van der Waals surface area contributed by atoms with Gasteiger partial charge in [-0.15, -0.1) is 0 Å². The number of benzene rings is 1. The molecule has 0 bridgehead atoms. The van der Waals surface area contributed by atoms with E-state index < -0.39 is 0 Å². The van der Waals surface area contributed by atoms with Gasteiger partial charge in [-0.2, -0.15) is 0 Å². The predicted octanol–water partition coefficient (Wildman–Crippen LogP) is 4.61. The first-order chi connectivity index (χ1) is 10.2. The fourth-order valence-corrected chi connectivity index (χ4v) is 2.50. The number of hydrogen-bond acceptors (Lipinski definition) is 1. The Labute approximate surface area is 135 Å². The molecule has 2 N–H and O–H groups in total. The molecular formula is C18H30N2S. The third kappa shape index (κ3) is 8.71. The Morgan fingerprint density at radius 3 is 2.38 bits per heavy atom. The minimum atomic E-state index is 0.472. The number of unbranched alkanes of at least 4 members (excludes halogenated alkanes) is 5. The summed E-state index contributed by atoms with van der Waals surface area (Å²) >= 11 is 5.32. The zero-order valence-corrected chi connectivity index (χ0v) is 14.3. The molecule has 2 nitrogen and oxygen atoms in total. The average molecular weight is 307 g/mol. The van der Waals surface area contributed by atoms with Crippen LogP contribution in [0.25, 0.3) is 0 Å². The monoisotopic (exact) mass is 306 g/mol. The molecule has 0 amide bonds. The SMILES string of the molecule is CCCCCCCCNC(=S)NCC(C)c1ccccc1. The Hall–Kier alpha value is -1.09. The van der Waals surface area contributed by atoms with Crippen LogP contribution in [-0.4, -0.2) is 18.2 Å². The molecule has 21 heavy (non-hydrogen) atoms. The summed E-state index contributed by atoms with van der Waals surface area (Å²) in [5.74, 6) is 0.472. The Kier molecular flexibility index (Phi) is 9.88. The van der Waals surface area contributed by atoms with Gasteiger partial charge in [-0.1, -0.05) is 76.3 Å². The van der Waals surface area contributed by atoms with E-state index in [9.17, 15) is 0 Å². The minimum Gasteiger partial charge on any atom is -0.363 e. The topological polar surface area (TPSA) is 24.1 Å². The van der Waals surface area contributed by atoms with E-state index in [1.807, 2.05) is 0 Å². The highest BCUT2D eigenvalue weighted by molar-refractivity contribution is 7.80. The zero-order chi connectivity index (χ0) is 15.3. The van der Waals surface area contributed by atoms with Crippen LogP contribution in [0.1, 0.15) is 63.9 Å². The summed E-state index contributed by atoms with van der Waals surface area (Å²) in [7, 11) is 0. The van der Waals surface area contributed by atoms with Crippen LogP contribution in [0.15, 0.2) is 30.3 Å². The van der Waals surface area contributed by atoms with E-state index in [1.54, 1.807) is 0 Å². The molecule has 0 aliphatic carbocycles. The lowest BCUT2D eigenvalue weighted by atomic mass is 10.0.